The second kappa shape index (κ2) is 4.42. The highest BCUT2D eigenvalue weighted by Crippen LogP contribution is 2.24. The minimum atomic E-state index is -0.428. The van der Waals surface area contributed by atoms with Gasteiger partial charge in [-0.2, -0.15) is 0 Å². The van der Waals surface area contributed by atoms with Crippen molar-refractivity contribution in [3.05, 3.63) is 0 Å². The van der Waals surface area contributed by atoms with Crippen LogP contribution in [0, 0.1) is 5.41 Å². The third-order valence-corrected chi connectivity index (χ3v) is 2.52. The molecular weight excluding hydrogens is 190 g/mol. The largest absolute Gasteiger partial charge is 0.444 e. The van der Waals surface area contributed by atoms with Crippen molar-refractivity contribution in [2.45, 2.75) is 60.1 Å². The van der Waals surface area contributed by atoms with Crippen LogP contribution in [0.2, 0.25) is 0 Å². The lowest BCUT2D eigenvalue weighted by molar-refractivity contribution is 0.0128. The molecule has 1 atom stereocenters. The average molecular weight is 215 g/mol. The Kier molecular flexibility index (Phi) is 4.20. The van der Waals surface area contributed by atoms with Crippen molar-refractivity contribution < 1.29 is 9.53 Å². The predicted molar refractivity (Wildman–Crippen MR) is 62.9 cm³/mol. The molecule has 0 heterocycles. The topological polar surface area (TPSA) is 29.5 Å². The van der Waals surface area contributed by atoms with Gasteiger partial charge in [0.25, 0.3) is 0 Å². The van der Waals surface area contributed by atoms with E-state index in [9.17, 15) is 4.79 Å². The van der Waals surface area contributed by atoms with Gasteiger partial charge in [-0.1, -0.05) is 20.8 Å². The van der Waals surface area contributed by atoms with E-state index < -0.39 is 5.60 Å². The molecule has 0 rings (SSSR count). The first-order valence-corrected chi connectivity index (χ1v) is 5.41. The van der Waals surface area contributed by atoms with Crippen molar-refractivity contribution in [1.29, 1.82) is 0 Å². The van der Waals surface area contributed by atoms with Gasteiger partial charge in [-0.25, -0.2) is 4.79 Å². The van der Waals surface area contributed by atoms with Gasteiger partial charge in [-0.05, 0) is 33.1 Å². The van der Waals surface area contributed by atoms with Crippen LogP contribution in [-0.4, -0.2) is 29.7 Å². The number of amides is 1. The summed E-state index contributed by atoms with van der Waals surface area (Å²) in [5.74, 6) is 0. The normalized spacial score (nSPS) is 14.7. The zero-order chi connectivity index (χ0) is 12.4. The molecule has 0 bridgehead atoms. The van der Waals surface area contributed by atoms with Gasteiger partial charge in [0.2, 0.25) is 0 Å². The highest BCUT2D eigenvalue weighted by Gasteiger charge is 2.29. The molecule has 0 unspecified atom stereocenters. The summed E-state index contributed by atoms with van der Waals surface area (Å²) in [4.78, 5) is 13.4. The van der Waals surface area contributed by atoms with Gasteiger partial charge >= 0.3 is 6.09 Å². The summed E-state index contributed by atoms with van der Waals surface area (Å²) in [5.41, 5.74) is -0.366. The van der Waals surface area contributed by atoms with Crippen molar-refractivity contribution in [1.82, 2.24) is 4.90 Å². The van der Waals surface area contributed by atoms with E-state index in [1.54, 1.807) is 11.9 Å². The zero-order valence-electron chi connectivity index (χ0n) is 11.3. The Balaban J connectivity index is 4.46. The highest BCUT2D eigenvalue weighted by molar-refractivity contribution is 5.68. The lowest BCUT2D eigenvalue weighted by Crippen LogP contribution is -2.45. The molecule has 0 N–H and O–H groups in total. The summed E-state index contributed by atoms with van der Waals surface area (Å²) >= 11 is 0. The summed E-state index contributed by atoms with van der Waals surface area (Å²) in [6, 6.07) is 0.146. The Morgan fingerprint density at radius 3 is 1.80 bits per heavy atom. The summed E-state index contributed by atoms with van der Waals surface area (Å²) < 4.78 is 5.30. The molecule has 0 saturated carbocycles. The van der Waals surface area contributed by atoms with Crippen LogP contribution in [0.15, 0.2) is 0 Å². The van der Waals surface area contributed by atoms with Crippen LogP contribution in [-0.2, 0) is 4.74 Å². The first-order valence-electron chi connectivity index (χ1n) is 5.41. The molecule has 0 aliphatic heterocycles. The summed E-state index contributed by atoms with van der Waals surface area (Å²) in [6.07, 6.45) is -0.259. The average Bonchev–Trinajstić information content (AvgIpc) is 1.96. The summed E-state index contributed by atoms with van der Waals surface area (Å²) in [7, 11) is 1.78. The Bertz CT molecular complexity index is 223. The molecule has 15 heavy (non-hydrogen) atoms. The van der Waals surface area contributed by atoms with Crippen molar-refractivity contribution in [2.75, 3.05) is 7.05 Å². The number of carbonyl (C=O) groups is 1. The molecule has 0 spiro atoms. The van der Waals surface area contributed by atoms with Gasteiger partial charge in [0, 0.05) is 13.1 Å². The fourth-order valence-corrected chi connectivity index (χ4v) is 1.07. The van der Waals surface area contributed by atoms with Gasteiger partial charge in [0.05, 0.1) is 0 Å². The zero-order valence-corrected chi connectivity index (χ0v) is 11.3. The molecule has 0 aromatic heterocycles. The van der Waals surface area contributed by atoms with Gasteiger partial charge < -0.3 is 9.64 Å². The van der Waals surface area contributed by atoms with Crippen molar-refractivity contribution in [2.24, 2.45) is 5.41 Å². The molecule has 1 amide bonds. The van der Waals surface area contributed by atoms with Crippen LogP contribution < -0.4 is 0 Å². The minimum Gasteiger partial charge on any atom is -0.444 e. The first kappa shape index (κ1) is 14.3. The van der Waals surface area contributed by atoms with Crippen LogP contribution in [0.4, 0.5) is 4.79 Å². The lowest BCUT2D eigenvalue weighted by atomic mass is 9.87. The van der Waals surface area contributed by atoms with Gasteiger partial charge in [-0.3, -0.25) is 0 Å². The van der Waals surface area contributed by atoms with Crippen LogP contribution in [0.1, 0.15) is 48.5 Å². The fourth-order valence-electron chi connectivity index (χ4n) is 1.07. The number of rotatable bonds is 1. The van der Waals surface area contributed by atoms with Crippen LogP contribution >= 0.6 is 0 Å². The maximum atomic E-state index is 11.8. The minimum absolute atomic E-state index is 0.0612. The third-order valence-electron chi connectivity index (χ3n) is 2.52. The standard InChI is InChI=1S/C12H25NO2/c1-9(11(2,3)4)13(8)10(14)15-12(5,6)7/h9H,1-8H3/t9-/m0/s1. The van der Waals surface area contributed by atoms with E-state index in [0.29, 0.717) is 0 Å². The second-order valence-electron chi connectivity index (χ2n) is 6.13. The van der Waals surface area contributed by atoms with Crippen molar-refractivity contribution in [3.8, 4) is 0 Å². The Morgan fingerprint density at radius 2 is 1.53 bits per heavy atom. The van der Waals surface area contributed by atoms with E-state index >= 15 is 0 Å². The summed E-state index contributed by atoms with van der Waals surface area (Å²) in [6.45, 7) is 14.0. The second-order valence-corrected chi connectivity index (χ2v) is 6.13. The van der Waals surface area contributed by atoms with E-state index in [1.165, 1.54) is 0 Å². The molecule has 0 aliphatic carbocycles. The molecule has 0 aromatic carbocycles. The number of hydrogen-bond acceptors (Lipinski definition) is 2. The van der Waals surface area contributed by atoms with Gasteiger partial charge in [0.1, 0.15) is 5.60 Å². The Hall–Kier alpha value is -0.730. The maximum absolute atomic E-state index is 11.8. The molecule has 0 radical (unpaired) electrons. The molecule has 0 aromatic rings. The monoisotopic (exact) mass is 215 g/mol. The first-order chi connectivity index (χ1) is 6.45. The van der Waals surface area contributed by atoms with Crippen molar-refractivity contribution >= 4 is 6.09 Å². The van der Waals surface area contributed by atoms with Gasteiger partial charge in [0.15, 0.2) is 0 Å². The van der Waals surface area contributed by atoms with E-state index in [1.807, 2.05) is 27.7 Å². The SMILES string of the molecule is C[C@H](N(C)C(=O)OC(C)(C)C)C(C)(C)C. The number of ether oxygens (including phenoxy) is 1. The van der Waals surface area contributed by atoms with Crippen LogP contribution in [0.25, 0.3) is 0 Å². The molecule has 90 valence electrons. The number of hydrogen-bond donors (Lipinski definition) is 0. The third kappa shape index (κ3) is 5.05. The molecule has 3 heteroatoms. The quantitative estimate of drug-likeness (QED) is 0.671. The molecular formula is C12H25NO2. The van der Waals surface area contributed by atoms with E-state index in [-0.39, 0.29) is 17.6 Å². The molecule has 0 aliphatic rings. The Labute approximate surface area is 93.8 Å². The maximum Gasteiger partial charge on any atom is 0.410 e. The fraction of sp³-hybridized carbons (Fsp3) is 0.917. The van der Waals surface area contributed by atoms with Crippen molar-refractivity contribution in [3.63, 3.8) is 0 Å². The van der Waals surface area contributed by atoms with Gasteiger partial charge in [-0.15, -0.1) is 0 Å². The lowest BCUT2D eigenvalue weighted by Gasteiger charge is -2.36. The number of carbonyl (C=O) groups excluding carboxylic acids is 1. The molecule has 3 nitrogen and oxygen atoms in total. The predicted octanol–water partition coefficient (Wildman–Crippen LogP) is 3.29. The molecule has 0 saturated heterocycles. The van der Waals surface area contributed by atoms with E-state index in [2.05, 4.69) is 20.8 Å². The Morgan fingerprint density at radius 1 is 1.13 bits per heavy atom. The van der Waals surface area contributed by atoms with Crippen LogP contribution in [0.3, 0.4) is 0 Å². The van der Waals surface area contributed by atoms with E-state index in [4.69, 9.17) is 4.74 Å². The molecule has 0 fully saturated rings. The highest BCUT2D eigenvalue weighted by atomic mass is 16.6. The van der Waals surface area contributed by atoms with Crippen LogP contribution in [0.5, 0.6) is 0 Å². The smallest absolute Gasteiger partial charge is 0.410 e. The van der Waals surface area contributed by atoms with E-state index in [0.717, 1.165) is 0 Å². The number of nitrogens with zero attached hydrogens (tertiary/aromatic N) is 1. The summed E-state index contributed by atoms with van der Waals surface area (Å²) in [5, 5.41) is 0.